The number of nitrogens with zero attached hydrogens (tertiary/aromatic N) is 5. The molecule has 1 atom stereocenters. The number of hydrogen-bond donors (Lipinski definition) is 0. The molecular weight excluding hydrogens is 354 g/mol. The first-order valence-corrected chi connectivity index (χ1v) is 8.31. The molecule has 26 heavy (non-hydrogen) atoms. The van der Waals surface area contributed by atoms with Crippen LogP contribution in [0, 0.1) is 0 Å². The molecule has 0 saturated carbocycles. The standard InChI is InChI=1S/C18H14ClN5O2/c1-12(23-7-5-13(19)8-17(23)25)22-10-15(20-11-22)14-9-18(26)24-6-3-2-4-16(24)21-14/h2-12H,1H3. The second-order valence-electron chi connectivity index (χ2n) is 5.84. The van der Waals surface area contributed by atoms with Crippen molar-refractivity contribution in [2.24, 2.45) is 0 Å². The molecule has 0 spiro atoms. The maximum absolute atomic E-state index is 12.2. The Kier molecular flexibility index (Phi) is 3.93. The van der Waals surface area contributed by atoms with Crippen LogP contribution in [0.15, 0.2) is 70.9 Å². The number of pyridine rings is 2. The number of hydrogen-bond acceptors (Lipinski definition) is 4. The first-order chi connectivity index (χ1) is 12.5. The monoisotopic (exact) mass is 367 g/mol. The minimum atomic E-state index is -0.303. The third kappa shape index (κ3) is 2.82. The summed E-state index contributed by atoms with van der Waals surface area (Å²) in [6.45, 7) is 1.86. The Bertz CT molecular complexity index is 1220. The van der Waals surface area contributed by atoms with Crippen LogP contribution in [-0.2, 0) is 0 Å². The molecule has 4 rings (SSSR count). The molecule has 0 aromatic carbocycles. The third-order valence-corrected chi connectivity index (χ3v) is 4.41. The lowest BCUT2D eigenvalue weighted by Crippen LogP contribution is -2.25. The highest BCUT2D eigenvalue weighted by Crippen LogP contribution is 2.17. The van der Waals surface area contributed by atoms with Crippen molar-refractivity contribution in [1.82, 2.24) is 23.5 Å². The van der Waals surface area contributed by atoms with Crippen molar-refractivity contribution in [3.63, 3.8) is 0 Å². The molecule has 0 aliphatic heterocycles. The van der Waals surface area contributed by atoms with Gasteiger partial charge < -0.3 is 4.57 Å². The Morgan fingerprint density at radius 3 is 2.69 bits per heavy atom. The van der Waals surface area contributed by atoms with E-state index in [0.717, 1.165) is 0 Å². The molecule has 8 heteroatoms. The van der Waals surface area contributed by atoms with Gasteiger partial charge in [0.25, 0.3) is 11.1 Å². The van der Waals surface area contributed by atoms with Crippen molar-refractivity contribution in [3.8, 4) is 11.4 Å². The Labute approximate surface area is 152 Å². The number of aromatic nitrogens is 5. The quantitative estimate of drug-likeness (QED) is 0.557. The van der Waals surface area contributed by atoms with E-state index in [9.17, 15) is 9.59 Å². The topological polar surface area (TPSA) is 74.2 Å². The summed E-state index contributed by atoms with van der Waals surface area (Å²) < 4.78 is 4.79. The number of rotatable bonds is 3. The summed E-state index contributed by atoms with van der Waals surface area (Å²) in [6.07, 6.45) is 6.36. The summed E-state index contributed by atoms with van der Waals surface area (Å²) in [4.78, 5) is 33.2. The minimum Gasteiger partial charge on any atom is -0.316 e. The van der Waals surface area contributed by atoms with E-state index in [2.05, 4.69) is 9.97 Å². The zero-order chi connectivity index (χ0) is 18.3. The smallest absolute Gasteiger partial charge is 0.258 e. The average Bonchev–Trinajstić information content (AvgIpc) is 3.11. The van der Waals surface area contributed by atoms with Gasteiger partial charge in [-0.25, -0.2) is 9.97 Å². The fraction of sp³-hybridized carbons (Fsp3) is 0.111. The molecule has 7 nitrogen and oxygen atoms in total. The Morgan fingerprint density at radius 1 is 1.04 bits per heavy atom. The van der Waals surface area contributed by atoms with E-state index >= 15 is 0 Å². The summed E-state index contributed by atoms with van der Waals surface area (Å²) in [5, 5.41) is 0.394. The lowest BCUT2D eigenvalue weighted by molar-refractivity contribution is 0.456. The molecule has 0 fully saturated rings. The van der Waals surface area contributed by atoms with Gasteiger partial charge >= 0.3 is 0 Å². The SMILES string of the molecule is CC(n1cnc(-c2cc(=O)n3ccccc3n2)c1)n1ccc(Cl)cc1=O. The summed E-state index contributed by atoms with van der Waals surface area (Å²) in [7, 11) is 0. The van der Waals surface area contributed by atoms with Gasteiger partial charge in [0.1, 0.15) is 17.5 Å². The molecule has 4 heterocycles. The van der Waals surface area contributed by atoms with E-state index in [1.54, 1.807) is 52.3 Å². The lowest BCUT2D eigenvalue weighted by atomic mass is 10.3. The molecule has 1 unspecified atom stereocenters. The second kappa shape index (κ2) is 6.27. The first kappa shape index (κ1) is 16.3. The highest BCUT2D eigenvalue weighted by atomic mass is 35.5. The van der Waals surface area contributed by atoms with Crippen molar-refractivity contribution in [3.05, 3.63) is 87.0 Å². The molecule has 0 aliphatic carbocycles. The van der Waals surface area contributed by atoms with Crippen molar-refractivity contribution < 1.29 is 0 Å². The van der Waals surface area contributed by atoms with E-state index < -0.39 is 0 Å². The summed E-state index contributed by atoms with van der Waals surface area (Å²) >= 11 is 5.84. The second-order valence-corrected chi connectivity index (χ2v) is 6.27. The zero-order valence-corrected chi connectivity index (χ0v) is 14.5. The predicted octanol–water partition coefficient (Wildman–Crippen LogP) is 2.44. The van der Waals surface area contributed by atoms with Crippen molar-refractivity contribution >= 4 is 17.2 Å². The van der Waals surface area contributed by atoms with E-state index in [4.69, 9.17) is 11.6 Å². The van der Waals surface area contributed by atoms with Gasteiger partial charge in [-0.3, -0.25) is 18.6 Å². The molecule has 0 N–H and O–H groups in total. The largest absolute Gasteiger partial charge is 0.316 e. The Balaban J connectivity index is 1.74. The van der Waals surface area contributed by atoms with Gasteiger partial charge in [-0.2, -0.15) is 0 Å². The third-order valence-electron chi connectivity index (χ3n) is 4.18. The van der Waals surface area contributed by atoms with Crippen LogP contribution < -0.4 is 11.1 Å². The molecule has 0 amide bonds. The van der Waals surface area contributed by atoms with E-state index in [-0.39, 0.29) is 17.3 Å². The van der Waals surface area contributed by atoms with Crippen molar-refractivity contribution in [2.75, 3.05) is 0 Å². The van der Waals surface area contributed by atoms with Crippen molar-refractivity contribution in [2.45, 2.75) is 13.1 Å². The zero-order valence-electron chi connectivity index (χ0n) is 13.8. The molecule has 0 aliphatic rings. The highest BCUT2D eigenvalue weighted by molar-refractivity contribution is 6.30. The van der Waals surface area contributed by atoms with E-state index in [1.807, 2.05) is 13.0 Å². The van der Waals surface area contributed by atoms with Crippen molar-refractivity contribution in [1.29, 1.82) is 0 Å². The fourth-order valence-corrected chi connectivity index (χ4v) is 2.93. The van der Waals surface area contributed by atoms with E-state index in [0.29, 0.717) is 22.1 Å². The van der Waals surface area contributed by atoms with Crippen LogP contribution in [0.5, 0.6) is 0 Å². The van der Waals surface area contributed by atoms with Gasteiger partial charge in [0.2, 0.25) is 0 Å². The van der Waals surface area contributed by atoms with Gasteiger partial charge in [-0.1, -0.05) is 17.7 Å². The summed E-state index contributed by atoms with van der Waals surface area (Å²) in [6, 6.07) is 9.82. The van der Waals surface area contributed by atoms with Crippen LogP contribution in [-0.4, -0.2) is 23.5 Å². The Hall–Kier alpha value is -3.19. The van der Waals surface area contributed by atoms with E-state index in [1.165, 1.54) is 16.5 Å². The summed E-state index contributed by atoms with van der Waals surface area (Å²) in [5.74, 6) is 0. The molecular formula is C18H14ClN5O2. The molecule has 0 radical (unpaired) electrons. The van der Waals surface area contributed by atoms with Crippen LogP contribution in [0.2, 0.25) is 5.02 Å². The maximum atomic E-state index is 12.2. The minimum absolute atomic E-state index is 0.179. The Morgan fingerprint density at radius 2 is 1.88 bits per heavy atom. The lowest BCUT2D eigenvalue weighted by Gasteiger charge is -2.16. The number of fused-ring (bicyclic) bond motifs is 1. The molecule has 0 saturated heterocycles. The van der Waals surface area contributed by atoms with Crippen LogP contribution in [0.4, 0.5) is 0 Å². The van der Waals surface area contributed by atoms with Crippen LogP contribution in [0.25, 0.3) is 17.0 Å². The molecule has 4 aromatic rings. The van der Waals surface area contributed by atoms with Gasteiger partial charge in [-0.15, -0.1) is 0 Å². The number of imidazole rings is 1. The van der Waals surface area contributed by atoms with Gasteiger partial charge in [-0.05, 0) is 25.1 Å². The van der Waals surface area contributed by atoms with Crippen LogP contribution in [0.3, 0.4) is 0 Å². The number of halogens is 1. The normalized spacial score (nSPS) is 12.4. The average molecular weight is 368 g/mol. The maximum Gasteiger partial charge on any atom is 0.258 e. The first-order valence-electron chi connectivity index (χ1n) is 7.93. The van der Waals surface area contributed by atoms with Crippen LogP contribution >= 0.6 is 11.6 Å². The fourth-order valence-electron chi connectivity index (χ4n) is 2.78. The molecule has 4 aromatic heterocycles. The van der Waals surface area contributed by atoms with Gasteiger partial charge in [0.05, 0.1) is 12.0 Å². The highest BCUT2D eigenvalue weighted by Gasteiger charge is 2.12. The van der Waals surface area contributed by atoms with Crippen LogP contribution in [0.1, 0.15) is 13.1 Å². The molecule has 130 valence electrons. The summed E-state index contributed by atoms with van der Waals surface area (Å²) in [5.41, 5.74) is 1.20. The van der Waals surface area contributed by atoms with Gasteiger partial charge in [0, 0.05) is 35.7 Å². The molecule has 0 bridgehead atoms. The predicted molar refractivity (Wildman–Crippen MR) is 98.5 cm³/mol. The van der Waals surface area contributed by atoms with Gasteiger partial charge in [0.15, 0.2) is 0 Å².